The van der Waals surface area contributed by atoms with Gasteiger partial charge in [0.2, 0.25) is 0 Å². The number of rotatable bonds is 8. The van der Waals surface area contributed by atoms with Crippen molar-refractivity contribution in [2.24, 2.45) is 11.8 Å². The average molecular weight is 299 g/mol. The third-order valence-electron chi connectivity index (χ3n) is 2.86. The average Bonchev–Trinajstić information content (AvgIpc) is 2.82. The van der Waals surface area contributed by atoms with E-state index in [2.05, 4.69) is 14.9 Å². The van der Waals surface area contributed by atoms with E-state index in [1.165, 1.54) is 0 Å². The van der Waals surface area contributed by atoms with Crippen molar-refractivity contribution in [1.29, 1.82) is 0 Å². The molecule has 0 radical (unpaired) electrons. The number of carbonyl (C=O) groups is 2. The molecule has 6 nitrogen and oxygen atoms in total. The van der Waals surface area contributed by atoms with Gasteiger partial charge in [0.05, 0.1) is 11.6 Å². The first-order valence-corrected chi connectivity index (χ1v) is 7.55. The van der Waals surface area contributed by atoms with Crippen molar-refractivity contribution >= 4 is 23.4 Å². The summed E-state index contributed by atoms with van der Waals surface area (Å²) in [6, 6.07) is 0. The molecule has 0 aliphatic carbocycles. The quantitative estimate of drug-likeness (QED) is 0.765. The van der Waals surface area contributed by atoms with Crippen LogP contribution >= 0.6 is 11.5 Å². The standard InChI is InChI=1S/C13H21N3O3S/c1-4-5-10-11(20-16-15-10)12(17)14-7-9(13(18)19)6-8(2)3/h8-9H,4-7H2,1-3H3,(H,14,17)(H,18,19). The summed E-state index contributed by atoms with van der Waals surface area (Å²) in [4.78, 5) is 23.7. The Hall–Kier alpha value is -1.50. The number of hydrogen-bond acceptors (Lipinski definition) is 5. The molecule has 1 heterocycles. The number of aryl methyl sites for hydroxylation is 1. The number of aromatic nitrogens is 2. The first kappa shape index (κ1) is 16.6. The molecule has 1 aromatic heterocycles. The van der Waals surface area contributed by atoms with Crippen LogP contribution < -0.4 is 5.32 Å². The highest BCUT2D eigenvalue weighted by atomic mass is 32.1. The van der Waals surface area contributed by atoms with Gasteiger partial charge in [0.15, 0.2) is 0 Å². The van der Waals surface area contributed by atoms with Crippen molar-refractivity contribution < 1.29 is 14.7 Å². The molecule has 1 amide bonds. The molecule has 112 valence electrons. The smallest absolute Gasteiger partial charge is 0.308 e. The zero-order chi connectivity index (χ0) is 15.1. The fraction of sp³-hybridized carbons (Fsp3) is 0.692. The van der Waals surface area contributed by atoms with E-state index in [9.17, 15) is 9.59 Å². The fourth-order valence-electron chi connectivity index (χ4n) is 1.92. The van der Waals surface area contributed by atoms with E-state index in [-0.39, 0.29) is 18.4 Å². The maximum absolute atomic E-state index is 12.0. The minimum Gasteiger partial charge on any atom is -0.481 e. The molecular formula is C13H21N3O3S. The second-order valence-corrected chi connectivity index (χ2v) is 5.93. The Morgan fingerprint density at radius 1 is 1.40 bits per heavy atom. The number of amides is 1. The van der Waals surface area contributed by atoms with Crippen LogP contribution in [0.2, 0.25) is 0 Å². The van der Waals surface area contributed by atoms with E-state index in [1.807, 2.05) is 20.8 Å². The number of nitrogens with zero attached hydrogens (tertiary/aromatic N) is 2. The summed E-state index contributed by atoms with van der Waals surface area (Å²) < 4.78 is 3.79. The molecule has 1 unspecified atom stereocenters. The molecule has 0 saturated heterocycles. The molecule has 0 spiro atoms. The third-order valence-corrected chi connectivity index (χ3v) is 3.63. The number of hydrogen-bond donors (Lipinski definition) is 2. The second-order valence-electron chi connectivity index (χ2n) is 5.17. The molecule has 2 N–H and O–H groups in total. The van der Waals surface area contributed by atoms with Crippen molar-refractivity contribution in [3.63, 3.8) is 0 Å². The van der Waals surface area contributed by atoms with Crippen molar-refractivity contribution in [2.75, 3.05) is 6.54 Å². The monoisotopic (exact) mass is 299 g/mol. The lowest BCUT2D eigenvalue weighted by molar-refractivity contribution is -0.142. The van der Waals surface area contributed by atoms with Gasteiger partial charge in [0, 0.05) is 6.54 Å². The Balaban J connectivity index is 2.61. The van der Waals surface area contributed by atoms with Crippen molar-refractivity contribution in [3.8, 4) is 0 Å². The highest BCUT2D eigenvalue weighted by Gasteiger charge is 2.21. The number of aliphatic carboxylic acids is 1. The minimum atomic E-state index is -0.879. The van der Waals surface area contributed by atoms with Crippen LogP contribution in [0, 0.1) is 11.8 Å². The first-order chi connectivity index (χ1) is 9.45. The Labute approximate surface area is 122 Å². The minimum absolute atomic E-state index is 0.135. The van der Waals surface area contributed by atoms with Crippen molar-refractivity contribution in [3.05, 3.63) is 10.6 Å². The van der Waals surface area contributed by atoms with E-state index in [4.69, 9.17) is 5.11 Å². The molecular weight excluding hydrogens is 278 g/mol. The molecule has 7 heteroatoms. The van der Waals surface area contributed by atoms with Crippen LogP contribution in [0.25, 0.3) is 0 Å². The zero-order valence-corrected chi connectivity index (χ0v) is 12.9. The predicted octanol–water partition coefficient (Wildman–Crippen LogP) is 1.97. The van der Waals surface area contributed by atoms with Crippen LogP contribution in [0.5, 0.6) is 0 Å². The van der Waals surface area contributed by atoms with Crippen molar-refractivity contribution in [1.82, 2.24) is 14.9 Å². The lowest BCUT2D eigenvalue weighted by Gasteiger charge is -2.15. The van der Waals surface area contributed by atoms with E-state index in [0.29, 0.717) is 23.4 Å². The largest absolute Gasteiger partial charge is 0.481 e. The highest BCUT2D eigenvalue weighted by molar-refractivity contribution is 7.08. The van der Waals surface area contributed by atoms with Crippen LogP contribution in [0.1, 0.15) is 49.0 Å². The normalized spacial score (nSPS) is 12.4. The van der Waals surface area contributed by atoms with Gasteiger partial charge >= 0.3 is 5.97 Å². The van der Waals surface area contributed by atoms with Crippen LogP contribution in [0.15, 0.2) is 0 Å². The first-order valence-electron chi connectivity index (χ1n) is 6.77. The molecule has 0 bridgehead atoms. The maximum atomic E-state index is 12.0. The van der Waals surface area contributed by atoms with Gasteiger partial charge in [-0.2, -0.15) is 0 Å². The van der Waals surface area contributed by atoms with Gasteiger partial charge in [-0.25, -0.2) is 0 Å². The number of carboxylic acids is 1. The number of nitrogens with one attached hydrogen (secondary N) is 1. The van der Waals surface area contributed by atoms with Crippen LogP contribution in [-0.4, -0.2) is 33.1 Å². The van der Waals surface area contributed by atoms with Gasteiger partial charge in [-0.15, -0.1) is 5.10 Å². The topological polar surface area (TPSA) is 92.2 Å². The van der Waals surface area contributed by atoms with Gasteiger partial charge in [-0.05, 0) is 30.3 Å². The summed E-state index contributed by atoms with van der Waals surface area (Å²) in [6.45, 7) is 6.06. The lowest BCUT2D eigenvalue weighted by atomic mass is 9.97. The zero-order valence-electron chi connectivity index (χ0n) is 12.0. The fourth-order valence-corrected chi connectivity index (χ4v) is 2.54. The van der Waals surface area contributed by atoms with Gasteiger partial charge in [-0.3, -0.25) is 9.59 Å². The van der Waals surface area contributed by atoms with E-state index >= 15 is 0 Å². The Morgan fingerprint density at radius 3 is 2.65 bits per heavy atom. The molecule has 0 aromatic carbocycles. The van der Waals surface area contributed by atoms with Gasteiger partial charge in [0.1, 0.15) is 4.88 Å². The molecule has 1 atom stereocenters. The molecule has 1 rings (SSSR count). The molecule has 0 fully saturated rings. The Bertz CT molecular complexity index is 459. The summed E-state index contributed by atoms with van der Waals surface area (Å²) >= 11 is 1.05. The second kappa shape index (κ2) is 7.94. The number of carbonyl (C=O) groups excluding carboxylic acids is 1. The van der Waals surface area contributed by atoms with Crippen LogP contribution in [-0.2, 0) is 11.2 Å². The van der Waals surface area contributed by atoms with Crippen molar-refractivity contribution in [2.45, 2.75) is 40.0 Å². The molecule has 0 saturated carbocycles. The predicted molar refractivity (Wildman–Crippen MR) is 76.8 cm³/mol. The lowest BCUT2D eigenvalue weighted by Crippen LogP contribution is -2.33. The van der Waals surface area contributed by atoms with Gasteiger partial charge < -0.3 is 10.4 Å². The highest BCUT2D eigenvalue weighted by Crippen LogP contribution is 2.14. The van der Waals surface area contributed by atoms with E-state index < -0.39 is 11.9 Å². The molecule has 20 heavy (non-hydrogen) atoms. The Morgan fingerprint density at radius 2 is 2.10 bits per heavy atom. The van der Waals surface area contributed by atoms with Gasteiger partial charge in [0.25, 0.3) is 5.91 Å². The summed E-state index contributed by atoms with van der Waals surface area (Å²) in [7, 11) is 0. The van der Waals surface area contributed by atoms with Gasteiger partial charge in [-0.1, -0.05) is 31.7 Å². The van der Waals surface area contributed by atoms with Crippen LogP contribution in [0.4, 0.5) is 0 Å². The summed E-state index contributed by atoms with van der Waals surface area (Å²) in [5.74, 6) is -1.45. The summed E-state index contributed by atoms with van der Waals surface area (Å²) in [5, 5.41) is 15.7. The maximum Gasteiger partial charge on any atom is 0.308 e. The summed E-state index contributed by atoms with van der Waals surface area (Å²) in [6.07, 6.45) is 2.13. The summed E-state index contributed by atoms with van der Waals surface area (Å²) in [5.41, 5.74) is 0.686. The third kappa shape index (κ3) is 4.88. The number of carboxylic acid groups (broad SMARTS) is 1. The van der Waals surface area contributed by atoms with E-state index in [1.54, 1.807) is 0 Å². The molecule has 1 aromatic rings. The van der Waals surface area contributed by atoms with E-state index in [0.717, 1.165) is 18.0 Å². The van der Waals surface area contributed by atoms with Crippen LogP contribution in [0.3, 0.4) is 0 Å². The Kier molecular flexibility index (Phi) is 6.57. The SMILES string of the molecule is CCCc1nnsc1C(=O)NCC(CC(C)C)C(=O)O. The molecule has 0 aliphatic rings. The molecule has 0 aliphatic heterocycles.